The van der Waals surface area contributed by atoms with Gasteiger partial charge in [-0.2, -0.15) is 0 Å². The lowest BCUT2D eigenvalue weighted by molar-refractivity contribution is 0.157. The number of hydrogen-bond donors (Lipinski definition) is 2. The van der Waals surface area contributed by atoms with E-state index in [1.165, 1.54) is 14.2 Å². The number of ether oxygens (including phenoxy) is 2. The zero-order valence-corrected chi connectivity index (χ0v) is 9.49. The maximum Gasteiger partial charge on any atom is 0.407 e. The van der Waals surface area contributed by atoms with Crippen LogP contribution in [0.5, 0.6) is 0 Å². The summed E-state index contributed by atoms with van der Waals surface area (Å²) < 4.78 is 8.89. The fourth-order valence-corrected chi connectivity index (χ4v) is 0.929. The first kappa shape index (κ1) is 13.5. The summed E-state index contributed by atoms with van der Waals surface area (Å²) >= 11 is 0. The molecule has 2 amide bonds. The first-order chi connectivity index (χ1) is 7.01. The highest BCUT2D eigenvalue weighted by molar-refractivity contribution is 5.68. The van der Waals surface area contributed by atoms with Crippen LogP contribution in [0.1, 0.15) is 13.8 Å². The molecule has 0 heterocycles. The Morgan fingerprint density at radius 2 is 1.67 bits per heavy atom. The normalized spacial score (nSPS) is 11.8. The molecule has 0 bridgehead atoms. The van der Waals surface area contributed by atoms with Gasteiger partial charge in [0.1, 0.15) is 0 Å². The molecule has 0 rings (SSSR count). The van der Waals surface area contributed by atoms with Crippen molar-refractivity contribution in [3.05, 3.63) is 0 Å². The van der Waals surface area contributed by atoms with Gasteiger partial charge in [0.2, 0.25) is 0 Å². The molecule has 0 aromatic carbocycles. The average Bonchev–Trinajstić information content (AvgIpc) is 2.22. The van der Waals surface area contributed by atoms with Crippen LogP contribution < -0.4 is 10.6 Å². The van der Waals surface area contributed by atoms with Crippen molar-refractivity contribution in [2.75, 3.05) is 20.8 Å². The van der Waals surface area contributed by atoms with E-state index in [1.54, 1.807) is 0 Å². The predicted molar refractivity (Wildman–Crippen MR) is 54.6 cm³/mol. The molecule has 0 radical (unpaired) electrons. The Morgan fingerprint density at radius 1 is 1.13 bits per heavy atom. The first-order valence-electron chi connectivity index (χ1n) is 4.67. The fraction of sp³-hybridized carbons (Fsp3) is 0.778. The second kappa shape index (κ2) is 6.92. The molecule has 2 N–H and O–H groups in total. The van der Waals surface area contributed by atoms with Crippen LogP contribution in [0.25, 0.3) is 0 Å². The fourth-order valence-electron chi connectivity index (χ4n) is 0.929. The molecule has 6 heteroatoms. The van der Waals surface area contributed by atoms with Crippen molar-refractivity contribution in [2.24, 2.45) is 5.92 Å². The van der Waals surface area contributed by atoms with Gasteiger partial charge in [-0.1, -0.05) is 13.8 Å². The van der Waals surface area contributed by atoms with E-state index in [4.69, 9.17) is 0 Å². The SMILES string of the molecule is COC(=O)NCC(NC(=O)OC)C(C)C. The van der Waals surface area contributed by atoms with E-state index in [9.17, 15) is 9.59 Å². The summed E-state index contributed by atoms with van der Waals surface area (Å²) in [7, 11) is 2.58. The predicted octanol–water partition coefficient (Wildman–Crippen LogP) is 0.723. The molecule has 0 spiro atoms. The number of carbonyl (C=O) groups excluding carboxylic acids is 2. The summed E-state index contributed by atoms with van der Waals surface area (Å²) in [5.41, 5.74) is 0. The maximum absolute atomic E-state index is 11.0. The monoisotopic (exact) mass is 218 g/mol. The summed E-state index contributed by atoms with van der Waals surface area (Å²) in [6, 6.07) is -0.184. The Morgan fingerprint density at radius 3 is 2.07 bits per heavy atom. The third-order valence-electron chi connectivity index (χ3n) is 1.95. The summed E-state index contributed by atoms with van der Waals surface area (Å²) in [5.74, 6) is 0.182. The van der Waals surface area contributed by atoms with Gasteiger partial charge < -0.3 is 20.1 Å². The number of hydrogen-bond acceptors (Lipinski definition) is 4. The highest BCUT2D eigenvalue weighted by Gasteiger charge is 2.17. The van der Waals surface area contributed by atoms with Gasteiger partial charge in [0, 0.05) is 6.54 Å². The number of carbonyl (C=O) groups is 2. The van der Waals surface area contributed by atoms with Gasteiger partial charge in [0.25, 0.3) is 0 Å². The number of amides is 2. The second-order valence-electron chi connectivity index (χ2n) is 3.36. The van der Waals surface area contributed by atoms with Crippen LogP contribution in [-0.4, -0.2) is 39.0 Å². The van der Waals surface area contributed by atoms with E-state index < -0.39 is 12.2 Å². The number of alkyl carbamates (subject to hydrolysis) is 2. The van der Waals surface area contributed by atoms with Gasteiger partial charge in [0.15, 0.2) is 0 Å². The van der Waals surface area contributed by atoms with Crippen molar-refractivity contribution in [3.8, 4) is 0 Å². The summed E-state index contributed by atoms with van der Waals surface area (Å²) in [6.45, 7) is 4.17. The molecule has 1 unspecified atom stereocenters. The zero-order chi connectivity index (χ0) is 11.8. The van der Waals surface area contributed by atoms with Crippen LogP contribution in [0.3, 0.4) is 0 Å². The van der Waals surface area contributed by atoms with Crippen LogP contribution in [0.2, 0.25) is 0 Å². The number of rotatable bonds is 4. The quantitative estimate of drug-likeness (QED) is 0.729. The minimum Gasteiger partial charge on any atom is -0.453 e. The average molecular weight is 218 g/mol. The van der Waals surface area contributed by atoms with Crippen LogP contribution in [-0.2, 0) is 9.47 Å². The van der Waals surface area contributed by atoms with Crippen LogP contribution in [0.15, 0.2) is 0 Å². The lowest BCUT2D eigenvalue weighted by atomic mass is 10.1. The molecule has 0 aliphatic carbocycles. The molecule has 0 saturated carbocycles. The van der Waals surface area contributed by atoms with Crippen LogP contribution in [0, 0.1) is 5.92 Å². The van der Waals surface area contributed by atoms with Crippen LogP contribution >= 0.6 is 0 Å². The molecule has 0 fully saturated rings. The summed E-state index contributed by atoms with van der Waals surface area (Å²) in [4.78, 5) is 21.8. The van der Waals surface area contributed by atoms with E-state index in [1.807, 2.05) is 13.8 Å². The lowest BCUT2D eigenvalue weighted by Crippen LogP contribution is -2.46. The minimum absolute atomic E-state index is 0.182. The van der Waals surface area contributed by atoms with Gasteiger partial charge in [-0.25, -0.2) is 9.59 Å². The third kappa shape index (κ3) is 5.77. The van der Waals surface area contributed by atoms with Crippen molar-refractivity contribution in [3.63, 3.8) is 0 Å². The van der Waals surface area contributed by atoms with Crippen molar-refractivity contribution in [2.45, 2.75) is 19.9 Å². The molecular formula is C9H18N2O4. The molecule has 0 aromatic heterocycles. The molecule has 1 atom stereocenters. The Labute approximate surface area is 89.3 Å². The van der Waals surface area contributed by atoms with Gasteiger partial charge in [-0.15, -0.1) is 0 Å². The molecule has 0 aromatic rings. The summed E-state index contributed by atoms with van der Waals surface area (Å²) in [6.07, 6.45) is -1.03. The molecule has 0 saturated heterocycles. The largest absolute Gasteiger partial charge is 0.453 e. The smallest absolute Gasteiger partial charge is 0.407 e. The van der Waals surface area contributed by atoms with E-state index in [2.05, 4.69) is 20.1 Å². The third-order valence-corrected chi connectivity index (χ3v) is 1.95. The standard InChI is InChI=1S/C9H18N2O4/c1-6(2)7(11-9(13)15-4)5-10-8(12)14-3/h6-7H,5H2,1-4H3,(H,10,12)(H,11,13). The topological polar surface area (TPSA) is 76.7 Å². The Balaban J connectivity index is 4.05. The second-order valence-corrected chi connectivity index (χ2v) is 3.36. The summed E-state index contributed by atoms with van der Waals surface area (Å²) in [5, 5.41) is 5.13. The molecule has 6 nitrogen and oxygen atoms in total. The maximum atomic E-state index is 11.0. The zero-order valence-electron chi connectivity index (χ0n) is 9.49. The van der Waals surface area contributed by atoms with Crippen molar-refractivity contribution < 1.29 is 19.1 Å². The highest BCUT2D eigenvalue weighted by atomic mass is 16.5. The molecule has 15 heavy (non-hydrogen) atoms. The van der Waals surface area contributed by atoms with Gasteiger partial charge in [0.05, 0.1) is 20.3 Å². The lowest BCUT2D eigenvalue weighted by Gasteiger charge is -2.21. The van der Waals surface area contributed by atoms with E-state index >= 15 is 0 Å². The van der Waals surface area contributed by atoms with Gasteiger partial charge >= 0.3 is 12.2 Å². The molecular weight excluding hydrogens is 200 g/mol. The molecule has 0 aliphatic heterocycles. The Hall–Kier alpha value is -1.46. The molecule has 0 aliphatic rings. The minimum atomic E-state index is -0.521. The van der Waals surface area contributed by atoms with E-state index in [-0.39, 0.29) is 12.0 Å². The van der Waals surface area contributed by atoms with Crippen molar-refractivity contribution in [1.29, 1.82) is 0 Å². The van der Waals surface area contributed by atoms with Gasteiger partial charge in [-0.05, 0) is 5.92 Å². The number of nitrogens with one attached hydrogen (secondary N) is 2. The van der Waals surface area contributed by atoms with Crippen molar-refractivity contribution in [1.82, 2.24) is 10.6 Å². The van der Waals surface area contributed by atoms with E-state index in [0.717, 1.165) is 0 Å². The van der Waals surface area contributed by atoms with Crippen LogP contribution in [0.4, 0.5) is 9.59 Å². The first-order valence-corrected chi connectivity index (χ1v) is 4.67. The highest BCUT2D eigenvalue weighted by Crippen LogP contribution is 2.00. The Bertz CT molecular complexity index is 218. The van der Waals surface area contributed by atoms with Crippen molar-refractivity contribution >= 4 is 12.2 Å². The van der Waals surface area contributed by atoms with E-state index in [0.29, 0.717) is 6.54 Å². The molecule has 88 valence electrons. The number of methoxy groups -OCH3 is 2. The Kier molecular flexibility index (Phi) is 6.24. The van der Waals surface area contributed by atoms with Gasteiger partial charge in [-0.3, -0.25) is 0 Å².